The van der Waals surface area contributed by atoms with Crippen LogP contribution in [-0.4, -0.2) is 50.2 Å². The Morgan fingerprint density at radius 2 is 1.77 bits per heavy atom. The third-order valence-corrected chi connectivity index (χ3v) is 6.73. The Hall–Kier alpha value is -3.22. The molecule has 0 aromatic heterocycles. The van der Waals surface area contributed by atoms with Gasteiger partial charge in [-0.2, -0.15) is 9.57 Å². The van der Waals surface area contributed by atoms with Crippen LogP contribution in [0.15, 0.2) is 59.5 Å². The summed E-state index contributed by atoms with van der Waals surface area (Å²) < 4.78 is 26.3. The molecule has 1 fully saturated rings. The molecule has 8 nitrogen and oxygen atoms in total. The van der Waals surface area contributed by atoms with Gasteiger partial charge < -0.3 is 10.6 Å². The van der Waals surface area contributed by atoms with Crippen molar-refractivity contribution >= 4 is 21.8 Å². The van der Waals surface area contributed by atoms with Gasteiger partial charge in [-0.05, 0) is 42.7 Å². The normalized spacial score (nSPS) is 14.5. The number of likely N-dealkylation sites (N-methyl/N-ethyl adjacent to an activating group) is 1. The summed E-state index contributed by atoms with van der Waals surface area (Å²) in [6, 6.07) is 16.0. The Kier molecular flexibility index (Phi) is 7.05. The van der Waals surface area contributed by atoms with E-state index in [1.807, 2.05) is 36.4 Å². The quantitative estimate of drug-likeness (QED) is 0.607. The molecular formula is C22H24N4O4S. The summed E-state index contributed by atoms with van der Waals surface area (Å²) in [5, 5.41) is 14.4. The molecule has 1 aliphatic rings. The first-order valence-corrected chi connectivity index (χ1v) is 11.3. The van der Waals surface area contributed by atoms with Crippen molar-refractivity contribution in [3.8, 4) is 6.07 Å². The van der Waals surface area contributed by atoms with Crippen LogP contribution in [0.2, 0.25) is 0 Å². The maximum absolute atomic E-state index is 12.7. The van der Waals surface area contributed by atoms with E-state index in [0.717, 1.165) is 22.7 Å². The van der Waals surface area contributed by atoms with Crippen molar-refractivity contribution in [2.45, 2.75) is 36.2 Å². The zero-order valence-electron chi connectivity index (χ0n) is 17.1. The van der Waals surface area contributed by atoms with E-state index in [0.29, 0.717) is 12.0 Å². The van der Waals surface area contributed by atoms with E-state index in [-0.39, 0.29) is 16.8 Å². The largest absolute Gasteiger partial charge is 0.352 e. The van der Waals surface area contributed by atoms with Gasteiger partial charge in [-0.1, -0.05) is 30.3 Å². The van der Waals surface area contributed by atoms with Crippen molar-refractivity contribution < 1.29 is 18.0 Å². The smallest absolute Gasteiger partial charge is 0.243 e. The summed E-state index contributed by atoms with van der Waals surface area (Å²) in [5.41, 5.74) is 1.22. The van der Waals surface area contributed by atoms with Gasteiger partial charge in [-0.15, -0.1) is 0 Å². The van der Waals surface area contributed by atoms with Crippen LogP contribution in [0.4, 0.5) is 0 Å². The standard InChI is InChI=1S/C22H24N4O4S/c1-26(31(29,30)19-11-7-17(14-23)8-12-19)15-21(27)25-20(22(28)24-18-9-10-18)13-16-5-3-2-4-6-16/h2-8,11-12,18,20H,9-10,13,15H2,1H3,(H,24,28)(H,25,27). The highest BCUT2D eigenvalue weighted by molar-refractivity contribution is 7.89. The van der Waals surface area contributed by atoms with Crippen LogP contribution in [0.3, 0.4) is 0 Å². The molecule has 0 radical (unpaired) electrons. The van der Waals surface area contributed by atoms with E-state index < -0.39 is 28.5 Å². The maximum Gasteiger partial charge on any atom is 0.243 e. The first kappa shape index (κ1) is 22.5. The number of rotatable bonds is 9. The Morgan fingerprint density at radius 1 is 1.13 bits per heavy atom. The van der Waals surface area contributed by atoms with E-state index in [1.54, 1.807) is 0 Å². The summed E-state index contributed by atoms with van der Waals surface area (Å²) in [4.78, 5) is 25.2. The molecular weight excluding hydrogens is 416 g/mol. The lowest BCUT2D eigenvalue weighted by Gasteiger charge is -2.21. The fraction of sp³-hybridized carbons (Fsp3) is 0.318. The van der Waals surface area contributed by atoms with Crippen molar-refractivity contribution in [2.75, 3.05) is 13.6 Å². The summed E-state index contributed by atoms with van der Waals surface area (Å²) >= 11 is 0. The highest BCUT2D eigenvalue weighted by Crippen LogP contribution is 2.19. The molecule has 2 N–H and O–H groups in total. The lowest BCUT2D eigenvalue weighted by atomic mass is 10.1. The van der Waals surface area contributed by atoms with E-state index in [2.05, 4.69) is 10.6 Å². The fourth-order valence-corrected chi connectivity index (χ4v) is 4.12. The van der Waals surface area contributed by atoms with Gasteiger partial charge in [0.1, 0.15) is 6.04 Å². The number of amides is 2. The summed E-state index contributed by atoms with van der Waals surface area (Å²) in [6.45, 7) is -0.440. The molecule has 1 unspecified atom stereocenters. The van der Waals surface area contributed by atoms with Gasteiger partial charge in [0.05, 0.1) is 23.1 Å². The van der Waals surface area contributed by atoms with E-state index in [1.165, 1.54) is 31.3 Å². The molecule has 1 aliphatic carbocycles. The predicted octanol–water partition coefficient (Wildman–Crippen LogP) is 1.18. The molecule has 0 aliphatic heterocycles. The van der Waals surface area contributed by atoms with Crippen molar-refractivity contribution in [1.29, 1.82) is 5.26 Å². The van der Waals surface area contributed by atoms with E-state index >= 15 is 0 Å². The van der Waals surface area contributed by atoms with Crippen LogP contribution in [0, 0.1) is 11.3 Å². The number of carbonyl (C=O) groups excluding carboxylic acids is 2. The Balaban J connectivity index is 1.67. The second kappa shape index (κ2) is 9.73. The summed E-state index contributed by atoms with van der Waals surface area (Å²) in [5.74, 6) is -0.857. The predicted molar refractivity (Wildman–Crippen MR) is 114 cm³/mol. The highest BCUT2D eigenvalue weighted by Gasteiger charge is 2.30. The molecule has 2 aromatic carbocycles. The molecule has 0 spiro atoms. The minimum absolute atomic E-state index is 0.0193. The molecule has 3 rings (SSSR count). The topological polar surface area (TPSA) is 119 Å². The van der Waals surface area contributed by atoms with Crippen LogP contribution >= 0.6 is 0 Å². The molecule has 2 aromatic rings. The van der Waals surface area contributed by atoms with E-state index in [9.17, 15) is 18.0 Å². The van der Waals surface area contributed by atoms with Crippen molar-refractivity contribution in [2.24, 2.45) is 0 Å². The van der Waals surface area contributed by atoms with Gasteiger partial charge in [-0.3, -0.25) is 9.59 Å². The number of nitriles is 1. The number of sulfonamides is 1. The van der Waals surface area contributed by atoms with E-state index in [4.69, 9.17) is 5.26 Å². The monoisotopic (exact) mass is 440 g/mol. The third kappa shape index (κ3) is 6.13. The third-order valence-electron chi connectivity index (χ3n) is 4.92. The molecule has 0 saturated heterocycles. The van der Waals surface area contributed by atoms with Crippen LogP contribution in [0.25, 0.3) is 0 Å². The first-order chi connectivity index (χ1) is 14.8. The number of carbonyl (C=O) groups is 2. The number of benzene rings is 2. The second-order valence-corrected chi connectivity index (χ2v) is 9.53. The molecule has 1 saturated carbocycles. The van der Waals surface area contributed by atoms with Gasteiger partial charge in [0.2, 0.25) is 21.8 Å². The molecule has 162 valence electrons. The van der Waals surface area contributed by atoms with Gasteiger partial charge in [-0.25, -0.2) is 8.42 Å². The SMILES string of the molecule is CN(CC(=O)NC(Cc1ccccc1)C(=O)NC1CC1)S(=O)(=O)c1ccc(C#N)cc1. The highest BCUT2D eigenvalue weighted by atomic mass is 32.2. The fourth-order valence-electron chi connectivity index (χ4n) is 3.00. The summed E-state index contributed by atoms with van der Waals surface area (Å²) in [7, 11) is -2.63. The Morgan fingerprint density at radius 3 is 2.35 bits per heavy atom. The molecule has 0 bridgehead atoms. The Labute approximate surface area is 181 Å². The lowest BCUT2D eigenvalue weighted by molar-refractivity contribution is -0.129. The second-order valence-electron chi connectivity index (χ2n) is 7.49. The Bertz CT molecular complexity index is 1070. The average Bonchev–Trinajstić information content (AvgIpc) is 3.58. The van der Waals surface area contributed by atoms with Gasteiger partial charge in [0, 0.05) is 19.5 Å². The molecule has 31 heavy (non-hydrogen) atoms. The van der Waals surface area contributed by atoms with Crippen LogP contribution in [0.5, 0.6) is 0 Å². The first-order valence-electron chi connectivity index (χ1n) is 9.90. The summed E-state index contributed by atoms with van der Waals surface area (Å²) in [6.07, 6.45) is 2.14. The molecule has 0 heterocycles. The van der Waals surface area contributed by atoms with Gasteiger partial charge in [0.15, 0.2) is 0 Å². The van der Waals surface area contributed by atoms with Crippen molar-refractivity contribution in [3.05, 3.63) is 65.7 Å². The zero-order chi connectivity index (χ0) is 22.4. The lowest BCUT2D eigenvalue weighted by Crippen LogP contribution is -2.51. The van der Waals surface area contributed by atoms with Crippen molar-refractivity contribution in [3.63, 3.8) is 0 Å². The number of nitrogens with zero attached hydrogens (tertiary/aromatic N) is 2. The van der Waals surface area contributed by atoms with Gasteiger partial charge >= 0.3 is 0 Å². The molecule has 9 heteroatoms. The maximum atomic E-state index is 12.7. The van der Waals surface area contributed by atoms with Gasteiger partial charge in [0.25, 0.3) is 0 Å². The number of hydrogen-bond donors (Lipinski definition) is 2. The minimum Gasteiger partial charge on any atom is -0.352 e. The molecule has 1 atom stereocenters. The number of hydrogen-bond acceptors (Lipinski definition) is 5. The zero-order valence-corrected chi connectivity index (χ0v) is 17.9. The van der Waals surface area contributed by atoms with Crippen LogP contribution < -0.4 is 10.6 Å². The minimum atomic E-state index is -3.92. The van der Waals surface area contributed by atoms with Crippen LogP contribution in [-0.2, 0) is 26.0 Å². The average molecular weight is 441 g/mol. The number of nitrogens with one attached hydrogen (secondary N) is 2. The molecule has 2 amide bonds. The van der Waals surface area contributed by atoms with Crippen LogP contribution in [0.1, 0.15) is 24.0 Å². The van der Waals surface area contributed by atoms with Crippen molar-refractivity contribution in [1.82, 2.24) is 14.9 Å².